The Balaban J connectivity index is 0.000000252. The standard InChI is InChI=1S/C17H12ClFN2O4.C11H20N4/c1-24-10-7-11(25-2)14(19)12(13(10)18)8-3-4-9(17(22)23)16-15(8)20-5-6-21-16;1-14(2)6-7-15(3)9-10-4-5-11(12)13-8-10/h3-7H,1-2H3,(H,22,23);4-5,8H,6-7,9H2,1-3H3,(H2,12,13). The molecule has 0 bridgehead atoms. The summed E-state index contributed by atoms with van der Waals surface area (Å²) < 4.78 is 25.1. The number of nitrogen functional groups attached to an aromatic ring is 1. The molecular formula is C28H32ClFN6O4. The second kappa shape index (κ2) is 13.8. The highest BCUT2D eigenvalue weighted by Crippen LogP contribution is 2.43. The number of nitrogens with two attached hydrogens (primary N) is 1. The molecule has 0 amide bonds. The summed E-state index contributed by atoms with van der Waals surface area (Å²) in [6, 6.07) is 7.96. The first-order valence-electron chi connectivity index (χ1n) is 12.2. The highest BCUT2D eigenvalue weighted by atomic mass is 35.5. The molecule has 10 nitrogen and oxygen atoms in total. The number of anilines is 1. The first-order valence-corrected chi connectivity index (χ1v) is 12.6. The van der Waals surface area contributed by atoms with E-state index in [9.17, 15) is 14.3 Å². The van der Waals surface area contributed by atoms with E-state index in [4.69, 9.17) is 26.8 Å². The Bertz CT molecular complexity index is 1440. The van der Waals surface area contributed by atoms with Gasteiger partial charge in [0.05, 0.1) is 30.3 Å². The van der Waals surface area contributed by atoms with E-state index in [1.165, 1.54) is 50.4 Å². The van der Waals surface area contributed by atoms with E-state index in [1.807, 2.05) is 18.3 Å². The minimum Gasteiger partial charge on any atom is -0.495 e. The van der Waals surface area contributed by atoms with Gasteiger partial charge in [-0.1, -0.05) is 23.7 Å². The van der Waals surface area contributed by atoms with Crippen LogP contribution in [0.4, 0.5) is 10.2 Å². The van der Waals surface area contributed by atoms with Crippen LogP contribution in [0.3, 0.4) is 0 Å². The van der Waals surface area contributed by atoms with Gasteiger partial charge in [0.2, 0.25) is 0 Å². The average molecular weight is 571 g/mol. The second-order valence-electron chi connectivity index (χ2n) is 9.14. The zero-order valence-corrected chi connectivity index (χ0v) is 23.7. The van der Waals surface area contributed by atoms with Crippen molar-refractivity contribution in [1.29, 1.82) is 0 Å². The van der Waals surface area contributed by atoms with E-state index in [0.717, 1.165) is 19.6 Å². The third-order valence-electron chi connectivity index (χ3n) is 5.93. The maximum absolute atomic E-state index is 14.9. The van der Waals surface area contributed by atoms with Crippen molar-refractivity contribution in [3.05, 3.63) is 70.9 Å². The molecule has 0 aliphatic heterocycles. The van der Waals surface area contributed by atoms with Crippen molar-refractivity contribution >= 4 is 34.4 Å². The van der Waals surface area contributed by atoms with E-state index >= 15 is 0 Å². The summed E-state index contributed by atoms with van der Waals surface area (Å²) >= 11 is 6.30. The lowest BCUT2D eigenvalue weighted by molar-refractivity contribution is 0.0699. The number of aromatic nitrogens is 3. The predicted molar refractivity (Wildman–Crippen MR) is 154 cm³/mol. The average Bonchev–Trinajstić information content (AvgIpc) is 2.93. The highest BCUT2D eigenvalue weighted by Gasteiger charge is 2.23. The van der Waals surface area contributed by atoms with Gasteiger partial charge in [-0.3, -0.25) is 9.97 Å². The molecule has 0 unspecified atom stereocenters. The summed E-state index contributed by atoms with van der Waals surface area (Å²) in [5, 5.41) is 9.33. The number of aromatic carboxylic acids is 1. The summed E-state index contributed by atoms with van der Waals surface area (Å²) in [4.78, 5) is 28.1. The Morgan fingerprint density at radius 1 is 1.00 bits per heavy atom. The Morgan fingerprint density at radius 2 is 1.68 bits per heavy atom. The van der Waals surface area contributed by atoms with Gasteiger partial charge >= 0.3 is 5.97 Å². The zero-order valence-electron chi connectivity index (χ0n) is 23.0. The van der Waals surface area contributed by atoms with Gasteiger partial charge in [-0.25, -0.2) is 14.2 Å². The molecule has 0 atom stereocenters. The van der Waals surface area contributed by atoms with Crippen molar-refractivity contribution in [1.82, 2.24) is 24.8 Å². The number of ether oxygens (including phenoxy) is 2. The number of carbonyl (C=O) groups is 1. The van der Waals surface area contributed by atoms with Crippen LogP contribution in [-0.2, 0) is 6.54 Å². The van der Waals surface area contributed by atoms with Crippen LogP contribution >= 0.6 is 11.6 Å². The van der Waals surface area contributed by atoms with Crippen molar-refractivity contribution in [3.8, 4) is 22.6 Å². The number of carboxylic acids is 1. The summed E-state index contributed by atoms with van der Waals surface area (Å²) in [7, 11) is 8.99. The molecule has 12 heteroatoms. The minimum absolute atomic E-state index is 0.000283. The van der Waals surface area contributed by atoms with Gasteiger partial charge in [-0.15, -0.1) is 0 Å². The number of hydrogen-bond acceptors (Lipinski definition) is 9. The molecule has 0 saturated heterocycles. The molecule has 0 fully saturated rings. The normalized spacial score (nSPS) is 10.9. The fraction of sp³-hybridized carbons (Fsp3) is 0.286. The van der Waals surface area contributed by atoms with Crippen LogP contribution in [-0.4, -0.2) is 84.3 Å². The molecule has 0 aliphatic carbocycles. The van der Waals surface area contributed by atoms with E-state index in [1.54, 1.807) is 0 Å². The number of halogens is 2. The molecule has 0 spiro atoms. The quantitative estimate of drug-likeness (QED) is 0.298. The fourth-order valence-electron chi connectivity index (χ4n) is 3.84. The molecule has 212 valence electrons. The summed E-state index contributed by atoms with van der Waals surface area (Å²) in [5.74, 6) is -1.13. The zero-order chi connectivity index (χ0) is 29.4. The molecule has 0 radical (unpaired) electrons. The third kappa shape index (κ3) is 7.32. The third-order valence-corrected chi connectivity index (χ3v) is 6.30. The number of hydrogen-bond donors (Lipinski definition) is 2. The second-order valence-corrected chi connectivity index (χ2v) is 9.51. The molecule has 40 heavy (non-hydrogen) atoms. The first kappa shape index (κ1) is 30.5. The maximum Gasteiger partial charge on any atom is 0.337 e. The number of methoxy groups -OCH3 is 2. The molecule has 3 N–H and O–H groups in total. The SMILES string of the molecule is CN(C)CCN(C)Cc1ccc(N)nc1.COc1cc(OC)c(Cl)c(-c2ccc(C(=O)O)c3nccnc23)c1F. The van der Waals surface area contributed by atoms with Gasteiger partial charge in [0.25, 0.3) is 0 Å². The fourth-order valence-corrected chi connectivity index (χ4v) is 4.16. The van der Waals surface area contributed by atoms with E-state index < -0.39 is 11.8 Å². The minimum atomic E-state index is -1.16. The number of rotatable bonds is 9. The molecule has 2 aromatic heterocycles. The Kier molecular flexibility index (Phi) is 10.5. The number of fused-ring (bicyclic) bond motifs is 1. The Morgan fingerprint density at radius 3 is 2.25 bits per heavy atom. The maximum atomic E-state index is 14.9. The molecular weight excluding hydrogens is 539 g/mol. The van der Waals surface area contributed by atoms with Crippen LogP contribution in [0.15, 0.2) is 48.9 Å². The molecule has 0 saturated carbocycles. The Labute approximate surface area is 237 Å². The van der Waals surface area contributed by atoms with Crippen LogP contribution < -0.4 is 15.2 Å². The van der Waals surface area contributed by atoms with Crippen molar-refractivity contribution in [2.75, 3.05) is 54.2 Å². The van der Waals surface area contributed by atoms with Crippen LogP contribution in [0.25, 0.3) is 22.2 Å². The smallest absolute Gasteiger partial charge is 0.337 e. The van der Waals surface area contributed by atoms with Crippen molar-refractivity contribution in [2.45, 2.75) is 6.54 Å². The highest BCUT2D eigenvalue weighted by molar-refractivity contribution is 6.35. The van der Waals surface area contributed by atoms with Gasteiger partial charge in [-0.2, -0.15) is 0 Å². The van der Waals surface area contributed by atoms with Crippen molar-refractivity contribution in [2.24, 2.45) is 0 Å². The molecule has 4 rings (SSSR count). The van der Waals surface area contributed by atoms with Gasteiger partial charge in [0, 0.05) is 55.4 Å². The van der Waals surface area contributed by atoms with Crippen molar-refractivity contribution < 1.29 is 23.8 Å². The van der Waals surface area contributed by atoms with E-state index in [2.05, 4.69) is 45.9 Å². The molecule has 2 aromatic carbocycles. The van der Waals surface area contributed by atoms with Gasteiger partial charge in [0.1, 0.15) is 17.1 Å². The van der Waals surface area contributed by atoms with E-state index in [0.29, 0.717) is 5.82 Å². The largest absolute Gasteiger partial charge is 0.495 e. The number of nitrogens with zero attached hydrogens (tertiary/aromatic N) is 5. The summed E-state index contributed by atoms with van der Waals surface area (Å²) in [5.41, 5.74) is 7.30. The van der Waals surface area contributed by atoms with E-state index in [-0.39, 0.29) is 44.2 Å². The van der Waals surface area contributed by atoms with Gasteiger partial charge in [-0.05, 0) is 38.8 Å². The van der Waals surface area contributed by atoms with Crippen LogP contribution in [0, 0.1) is 5.82 Å². The van der Waals surface area contributed by atoms with Gasteiger partial charge in [0.15, 0.2) is 11.6 Å². The lowest BCUT2D eigenvalue weighted by atomic mass is 9.99. The summed E-state index contributed by atoms with van der Waals surface area (Å²) in [6.07, 6.45) is 4.59. The van der Waals surface area contributed by atoms with Crippen LogP contribution in [0.1, 0.15) is 15.9 Å². The molecule has 0 aliphatic rings. The number of carboxylic acid groups (broad SMARTS) is 1. The molecule has 4 aromatic rings. The number of likely N-dealkylation sites (N-methyl/N-ethyl adjacent to an activating group) is 2. The van der Waals surface area contributed by atoms with Crippen LogP contribution in [0.5, 0.6) is 11.5 Å². The lowest BCUT2D eigenvalue weighted by Crippen LogP contribution is -2.28. The lowest BCUT2D eigenvalue weighted by Gasteiger charge is -2.19. The van der Waals surface area contributed by atoms with Crippen LogP contribution in [0.2, 0.25) is 5.02 Å². The molecule has 2 heterocycles. The summed E-state index contributed by atoms with van der Waals surface area (Å²) in [6.45, 7) is 3.04. The van der Waals surface area contributed by atoms with Crippen molar-refractivity contribution in [3.63, 3.8) is 0 Å². The monoisotopic (exact) mass is 570 g/mol. The Hall–Kier alpha value is -4.06. The first-order chi connectivity index (χ1) is 19.1. The van der Waals surface area contributed by atoms with Gasteiger partial charge < -0.3 is 30.1 Å². The predicted octanol–water partition coefficient (Wildman–Crippen LogP) is 4.46. The topological polar surface area (TPSA) is 127 Å². The number of benzene rings is 2. The number of pyridine rings is 1.